The summed E-state index contributed by atoms with van der Waals surface area (Å²) in [6.07, 6.45) is -13.0. The summed E-state index contributed by atoms with van der Waals surface area (Å²) in [6, 6.07) is -1.28. The van der Waals surface area contributed by atoms with Crippen molar-refractivity contribution in [1.29, 1.82) is 0 Å². The Labute approximate surface area is 538 Å². The topological polar surface area (TPSA) is 330 Å². The molecule has 7 rings (SSSR count). The smallest absolute Gasteiger partial charge is 0.229 e. The van der Waals surface area contributed by atoms with Gasteiger partial charge in [0.1, 0.15) is 42.4 Å². The van der Waals surface area contributed by atoms with Gasteiger partial charge in [0.25, 0.3) is 0 Å². The number of aliphatic hydroxyl groups is 5. The highest BCUT2D eigenvalue weighted by Crippen LogP contribution is 2.49. The van der Waals surface area contributed by atoms with E-state index in [1.54, 1.807) is 40.9 Å². The number of carbonyl (C=O) groups is 4. The molecule has 4 heterocycles. The summed E-state index contributed by atoms with van der Waals surface area (Å²) in [4.78, 5) is 59.7. The predicted octanol–water partition coefficient (Wildman–Crippen LogP) is 3.24. The number of benzene rings is 1. The van der Waals surface area contributed by atoms with Gasteiger partial charge in [0.05, 0.1) is 84.2 Å². The number of ketones is 2. The van der Waals surface area contributed by atoms with Crippen LogP contribution < -0.4 is 30.7 Å². The summed E-state index contributed by atoms with van der Waals surface area (Å²) >= 11 is 2.82. The van der Waals surface area contributed by atoms with Crippen molar-refractivity contribution in [2.75, 3.05) is 47.3 Å². The third-order valence-electron chi connectivity index (χ3n) is 15.7. The van der Waals surface area contributed by atoms with Crippen molar-refractivity contribution in [2.24, 2.45) is 5.73 Å². The molecule has 1 aromatic rings. The minimum Gasteiger partial charge on any atom is -0.492 e. The molecule has 28 heteroatoms. The number of primary amides is 1. The van der Waals surface area contributed by atoms with Crippen molar-refractivity contribution in [3.8, 4) is 40.9 Å². The highest BCUT2D eigenvalue weighted by atomic mass is 127. The number of amides is 1. The molecule has 1 amide bonds. The van der Waals surface area contributed by atoms with Crippen LogP contribution in [-0.4, -0.2) is 215 Å². The molecule has 88 heavy (non-hydrogen) atoms. The lowest BCUT2D eigenvalue weighted by molar-refractivity contribution is -0.336. The summed E-state index contributed by atoms with van der Waals surface area (Å²) in [5.74, 6) is 10.7. The minimum absolute atomic E-state index is 0.0230. The third-order valence-corrected chi connectivity index (χ3v) is 21.5. The highest BCUT2D eigenvalue weighted by Gasteiger charge is 2.52. The number of fused-ring (bicyclic) bond motifs is 2. The van der Waals surface area contributed by atoms with E-state index in [9.17, 15) is 44.7 Å². The molecule has 488 valence electrons. The van der Waals surface area contributed by atoms with Crippen LogP contribution in [0.3, 0.4) is 0 Å². The number of allylic oxidation sites excluding steroid dienone is 3. The molecule has 1 aromatic carbocycles. The largest absolute Gasteiger partial charge is 0.492 e. The first kappa shape index (κ1) is 72.0. The van der Waals surface area contributed by atoms with Gasteiger partial charge in [0, 0.05) is 67.1 Å². The van der Waals surface area contributed by atoms with Gasteiger partial charge in [0.15, 0.2) is 41.8 Å². The summed E-state index contributed by atoms with van der Waals surface area (Å²) in [5, 5.41) is 60.4. The van der Waals surface area contributed by atoms with Crippen LogP contribution >= 0.6 is 55.9 Å². The Morgan fingerprint density at radius 2 is 1.60 bits per heavy atom. The maximum atomic E-state index is 14.5. The van der Waals surface area contributed by atoms with Crippen molar-refractivity contribution in [3.63, 3.8) is 0 Å². The fraction of sp³-hybridized carbons (Fsp3) is 0.667. The molecule has 2 aliphatic carbocycles. The first-order valence-electron chi connectivity index (χ1n) is 28.8. The molecular formula is C60H82IN3O21S3. The minimum atomic E-state index is -2.07. The van der Waals surface area contributed by atoms with Crippen LogP contribution in [0.5, 0.6) is 17.2 Å². The Bertz CT molecular complexity index is 2900. The van der Waals surface area contributed by atoms with Crippen molar-refractivity contribution in [3.05, 3.63) is 49.6 Å². The van der Waals surface area contributed by atoms with Gasteiger partial charge in [-0.2, -0.15) is 5.48 Å². The zero-order valence-corrected chi connectivity index (χ0v) is 55.8. The third kappa shape index (κ3) is 17.0. The monoisotopic (exact) mass is 1400 g/mol. The van der Waals surface area contributed by atoms with Crippen LogP contribution in [0.1, 0.15) is 96.5 Å². The van der Waals surface area contributed by atoms with Crippen LogP contribution in [0.4, 0.5) is 0 Å². The number of hydrogen-bond acceptors (Lipinski definition) is 26. The van der Waals surface area contributed by atoms with Crippen LogP contribution in [-0.2, 0) is 57.1 Å². The molecule has 19 atom stereocenters. The number of hydroxylamine groups is 1. The van der Waals surface area contributed by atoms with Crippen LogP contribution in [0.2, 0.25) is 0 Å². The number of methoxy groups -OCH3 is 4. The number of aliphatic hydroxyl groups excluding tert-OH is 4. The number of rotatable bonds is 25. The summed E-state index contributed by atoms with van der Waals surface area (Å²) in [7, 11) is 8.43. The van der Waals surface area contributed by atoms with Crippen LogP contribution in [0.25, 0.3) is 0 Å². The van der Waals surface area contributed by atoms with Gasteiger partial charge in [-0.15, -0.1) is 0 Å². The Hall–Kier alpha value is -3.42. The van der Waals surface area contributed by atoms with E-state index in [2.05, 4.69) is 34.5 Å². The normalized spacial score (nSPS) is 35.1. The number of likely N-dealkylation sites (N-methyl/N-ethyl adjacent to an activating group) is 1. The second kappa shape index (κ2) is 31.9. The Morgan fingerprint density at radius 3 is 2.25 bits per heavy atom. The molecule has 4 aliphatic heterocycles. The van der Waals surface area contributed by atoms with Gasteiger partial charge in [-0.25, -0.2) is 0 Å². The quantitative estimate of drug-likeness (QED) is 0.0229. The maximum Gasteiger partial charge on any atom is 0.229 e. The fourth-order valence-corrected chi connectivity index (χ4v) is 15.4. The van der Waals surface area contributed by atoms with Crippen LogP contribution in [0, 0.1) is 34.2 Å². The first-order chi connectivity index (χ1) is 41.7. The number of halogens is 1. The van der Waals surface area contributed by atoms with Crippen molar-refractivity contribution >= 4 is 78.5 Å². The van der Waals surface area contributed by atoms with E-state index in [-0.39, 0.29) is 95.5 Å². The average molecular weight is 1400 g/mol. The molecule has 0 radical (unpaired) electrons. The van der Waals surface area contributed by atoms with E-state index < -0.39 is 131 Å². The van der Waals surface area contributed by atoms with E-state index in [0.29, 0.717) is 15.7 Å². The SMILES string of the molecule is CCN[C@H]1CO[C@@H](O[C@H]2[C@H](O[C@H]3C#C/C=C\C#C[C@]4(O)CC(=O)C(CC(C)=O)=C3/C4=C\CSSC(C)(C)CC(N)=O)O[C@H](C)[C@@H](NO[C@H]3C[C@H](O)[C@H](SC(=O)c4c(C)c(I)c(O[C@@H]5O[C@@H](C)[C@H](O)[C@@H](OC)[C@H]5O)c(OC)c4OC)[C@@H](C)O3)[C@@H]2O)C[C@@H]1OC. The Kier molecular flexibility index (Phi) is 26.1. The van der Waals surface area contributed by atoms with Crippen molar-refractivity contribution in [1.82, 2.24) is 10.8 Å². The van der Waals surface area contributed by atoms with E-state index in [0.717, 1.165) is 11.8 Å². The lowest BCUT2D eigenvalue weighted by Crippen LogP contribution is -2.65. The molecule has 0 saturated carbocycles. The molecule has 9 N–H and O–H groups in total. The molecular weight excluding hydrogens is 1320 g/mol. The summed E-state index contributed by atoms with van der Waals surface area (Å²) in [6.45, 7) is 14.5. The molecule has 4 fully saturated rings. The average Bonchev–Trinajstić information content (AvgIpc) is 0.859. The molecule has 24 nitrogen and oxygen atoms in total. The second-order valence-electron chi connectivity index (χ2n) is 22.7. The molecule has 6 aliphatic rings. The number of nitrogens with one attached hydrogen (secondary N) is 2. The first-order valence-corrected chi connectivity index (χ1v) is 33.1. The number of thioether (sulfide) groups is 1. The maximum absolute atomic E-state index is 14.5. The van der Waals surface area contributed by atoms with E-state index in [4.69, 9.17) is 62.7 Å². The zero-order valence-electron chi connectivity index (χ0n) is 51.2. The molecule has 4 saturated heterocycles. The zero-order chi connectivity index (χ0) is 64.5. The fourth-order valence-electron chi connectivity index (χ4n) is 11.3. The highest BCUT2D eigenvalue weighted by molar-refractivity contribution is 14.1. The van der Waals surface area contributed by atoms with Crippen molar-refractivity contribution < 1.29 is 102 Å². The van der Waals surface area contributed by atoms with Crippen LogP contribution in [0.15, 0.2) is 34.9 Å². The Balaban J connectivity index is 1.12. The lowest BCUT2D eigenvalue weighted by Gasteiger charge is -2.46. The van der Waals surface area contributed by atoms with E-state index in [1.807, 2.05) is 43.4 Å². The van der Waals surface area contributed by atoms with Crippen molar-refractivity contribution in [2.45, 2.75) is 207 Å². The van der Waals surface area contributed by atoms with Gasteiger partial charge < -0.3 is 88.7 Å². The van der Waals surface area contributed by atoms with Gasteiger partial charge in [-0.3, -0.25) is 24.0 Å². The number of nitrogens with two attached hydrogens (primary N) is 1. The van der Waals surface area contributed by atoms with Gasteiger partial charge in [-0.1, -0.05) is 70.0 Å². The number of Topliss-reactive ketones (excluding diaryl/α,β-unsaturated/α-hetero) is 2. The van der Waals surface area contributed by atoms with Gasteiger partial charge in [0.2, 0.25) is 23.1 Å². The Morgan fingerprint density at radius 1 is 0.898 bits per heavy atom. The molecule has 2 bridgehead atoms. The number of ether oxygens (including phenoxy) is 11. The lowest BCUT2D eigenvalue weighted by atomic mass is 9.72. The van der Waals surface area contributed by atoms with Gasteiger partial charge in [-0.05, 0) is 95.3 Å². The summed E-state index contributed by atoms with van der Waals surface area (Å²) in [5.41, 5.74) is 7.26. The van der Waals surface area contributed by atoms with Gasteiger partial charge >= 0.3 is 0 Å². The second-order valence-corrected chi connectivity index (χ2v) is 28.0. The number of carbonyl (C=O) groups excluding carboxylic acids is 4. The summed E-state index contributed by atoms with van der Waals surface area (Å²) < 4.78 is 67.3. The molecule has 0 spiro atoms. The predicted molar refractivity (Wildman–Crippen MR) is 334 cm³/mol. The molecule has 0 aromatic heterocycles. The molecule has 0 unspecified atom stereocenters. The van der Waals surface area contributed by atoms with E-state index in [1.165, 1.54) is 62.0 Å². The standard InChI is InChI=1S/C60H82IN3O21S3/c1-13-63-35-27-78-41(24-39(35)74-9)83-53-48(70)46(30(4)80-58(53)82-38-18-16-14-15-17-20-60(73)25-37(67)33(22-28(2)65)44(38)34(60)19-21-86-88-59(7,8)26-40(62)68)64-85-42-23-36(66)55(32(6)79-42)87-56(72)43-29(3)45(61)51(54(77-12)50(43)75-10)84-57-49(71)52(76-11)47(69)31(5)81-57/h14-15,19,30-32,35-36,38-39,41-42,46-49,52-53,55,57-58,63-64,66,69-71,73H,13,21-27H2,1-12H3,(H2,62,68)/b15-14-,34-19+/t30-,31+,32-,35+,36+,38+,39+,41+,42+,46-,47+,48+,49-,52-,53-,55-,57+,58+,60+/m1/s1. The van der Waals surface area contributed by atoms with E-state index >= 15 is 0 Å². The number of hydrogen-bond donors (Lipinski definition) is 8.